The molecule has 0 heterocycles. The van der Waals surface area contributed by atoms with Gasteiger partial charge in [0.15, 0.2) is 0 Å². The zero-order valence-electron chi connectivity index (χ0n) is 9.30. The van der Waals surface area contributed by atoms with Gasteiger partial charge in [0.2, 0.25) is 0 Å². The number of rotatable bonds is 5. The summed E-state index contributed by atoms with van der Waals surface area (Å²) in [4.78, 5) is 0. The molecule has 0 aliphatic heterocycles. The second-order valence-electron chi connectivity index (χ2n) is 4.22. The van der Waals surface area contributed by atoms with Crippen LogP contribution in [0.2, 0.25) is 0 Å². The molecular weight excluding hydrogens is 172 g/mol. The summed E-state index contributed by atoms with van der Waals surface area (Å²) in [5.74, 6) is 3.36. The van der Waals surface area contributed by atoms with Gasteiger partial charge in [0, 0.05) is 12.5 Å². The van der Waals surface area contributed by atoms with E-state index in [9.17, 15) is 0 Å². The van der Waals surface area contributed by atoms with Crippen molar-refractivity contribution in [2.45, 2.75) is 58.0 Å². The van der Waals surface area contributed by atoms with E-state index >= 15 is 0 Å². The van der Waals surface area contributed by atoms with Crippen molar-refractivity contribution in [3.63, 3.8) is 0 Å². The summed E-state index contributed by atoms with van der Waals surface area (Å²) < 4.78 is 5.81. The van der Waals surface area contributed by atoms with Crippen LogP contribution in [-0.2, 0) is 4.74 Å². The molecule has 0 radical (unpaired) electrons. The van der Waals surface area contributed by atoms with Crippen molar-refractivity contribution in [1.29, 1.82) is 0 Å². The minimum Gasteiger partial charge on any atom is -0.378 e. The number of unbranched alkanes of at least 4 members (excludes halogenated alkanes) is 2. The van der Waals surface area contributed by atoms with Gasteiger partial charge in [-0.1, -0.05) is 19.8 Å². The standard InChI is InChI=1S/C13H22O/c1-3-5-6-11-14-13-9-7-12(4-2)8-10-13/h2,12-13H,3,5-11H2,1H3. The van der Waals surface area contributed by atoms with E-state index < -0.39 is 0 Å². The summed E-state index contributed by atoms with van der Waals surface area (Å²) in [6.07, 6.45) is 14.3. The van der Waals surface area contributed by atoms with E-state index in [0.717, 1.165) is 19.4 Å². The van der Waals surface area contributed by atoms with Gasteiger partial charge in [0.05, 0.1) is 6.10 Å². The minimum absolute atomic E-state index is 0.497. The summed E-state index contributed by atoms with van der Waals surface area (Å²) in [6.45, 7) is 3.16. The Kier molecular flexibility index (Phi) is 5.71. The van der Waals surface area contributed by atoms with Gasteiger partial charge in [-0.3, -0.25) is 0 Å². The zero-order valence-corrected chi connectivity index (χ0v) is 9.30. The number of ether oxygens (including phenoxy) is 1. The summed E-state index contributed by atoms with van der Waals surface area (Å²) >= 11 is 0. The third kappa shape index (κ3) is 4.15. The Bertz CT molecular complexity index is 172. The van der Waals surface area contributed by atoms with Crippen molar-refractivity contribution in [2.75, 3.05) is 6.61 Å². The minimum atomic E-state index is 0.497. The molecule has 0 saturated heterocycles. The molecule has 0 aromatic rings. The van der Waals surface area contributed by atoms with Gasteiger partial charge in [-0.25, -0.2) is 0 Å². The summed E-state index contributed by atoms with van der Waals surface area (Å²) in [7, 11) is 0. The van der Waals surface area contributed by atoms with Crippen molar-refractivity contribution in [3.05, 3.63) is 0 Å². The Labute approximate surface area is 88.2 Å². The maximum absolute atomic E-state index is 5.81. The fourth-order valence-electron chi connectivity index (χ4n) is 2.00. The van der Waals surface area contributed by atoms with Crippen LogP contribution in [0.5, 0.6) is 0 Å². The summed E-state index contributed by atoms with van der Waals surface area (Å²) in [6, 6.07) is 0. The maximum atomic E-state index is 5.81. The van der Waals surface area contributed by atoms with E-state index in [1.807, 2.05) is 0 Å². The second kappa shape index (κ2) is 6.90. The number of hydrogen-bond acceptors (Lipinski definition) is 1. The Balaban J connectivity index is 2.02. The molecule has 1 aliphatic rings. The molecule has 0 atom stereocenters. The van der Waals surface area contributed by atoms with Crippen molar-refractivity contribution < 1.29 is 4.74 Å². The molecule has 1 fully saturated rings. The lowest BCUT2D eigenvalue weighted by Crippen LogP contribution is -2.21. The fourth-order valence-corrected chi connectivity index (χ4v) is 2.00. The zero-order chi connectivity index (χ0) is 10.2. The normalized spacial score (nSPS) is 27.1. The third-order valence-corrected chi connectivity index (χ3v) is 3.01. The average Bonchev–Trinajstić information content (AvgIpc) is 2.25. The van der Waals surface area contributed by atoms with Crippen LogP contribution in [0, 0.1) is 18.3 Å². The van der Waals surface area contributed by atoms with Crippen LogP contribution in [0.3, 0.4) is 0 Å². The molecule has 80 valence electrons. The molecule has 1 rings (SSSR count). The smallest absolute Gasteiger partial charge is 0.0576 e. The lowest BCUT2D eigenvalue weighted by Gasteiger charge is -2.25. The van der Waals surface area contributed by atoms with Crippen LogP contribution in [-0.4, -0.2) is 12.7 Å². The van der Waals surface area contributed by atoms with E-state index in [0.29, 0.717) is 12.0 Å². The third-order valence-electron chi connectivity index (χ3n) is 3.01. The topological polar surface area (TPSA) is 9.23 Å². The second-order valence-corrected chi connectivity index (χ2v) is 4.22. The Morgan fingerprint density at radius 2 is 1.93 bits per heavy atom. The Morgan fingerprint density at radius 3 is 2.50 bits per heavy atom. The van der Waals surface area contributed by atoms with Gasteiger partial charge in [-0.2, -0.15) is 0 Å². The molecule has 14 heavy (non-hydrogen) atoms. The Morgan fingerprint density at radius 1 is 1.21 bits per heavy atom. The largest absolute Gasteiger partial charge is 0.378 e. The van der Waals surface area contributed by atoms with Gasteiger partial charge >= 0.3 is 0 Å². The van der Waals surface area contributed by atoms with Gasteiger partial charge < -0.3 is 4.74 Å². The first-order valence-corrected chi connectivity index (χ1v) is 5.94. The van der Waals surface area contributed by atoms with Gasteiger partial charge in [0.25, 0.3) is 0 Å². The molecule has 0 spiro atoms. The Hall–Kier alpha value is -0.480. The van der Waals surface area contributed by atoms with Crippen molar-refractivity contribution in [3.8, 4) is 12.3 Å². The monoisotopic (exact) mass is 194 g/mol. The van der Waals surface area contributed by atoms with Crippen LogP contribution >= 0.6 is 0 Å². The molecule has 0 bridgehead atoms. The van der Waals surface area contributed by atoms with Crippen molar-refractivity contribution >= 4 is 0 Å². The predicted octanol–water partition coefficient (Wildman–Crippen LogP) is 3.39. The first-order valence-electron chi connectivity index (χ1n) is 5.94. The SMILES string of the molecule is C#CC1CCC(OCCCCC)CC1. The maximum Gasteiger partial charge on any atom is 0.0576 e. The molecule has 1 heteroatoms. The van der Waals surface area contributed by atoms with Crippen LogP contribution in [0.1, 0.15) is 51.9 Å². The first-order chi connectivity index (χ1) is 6.86. The predicted molar refractivity (Wildman–Crippen MR) is 60.1 cm³/mol. The fraction of sp³-hybridized carbons (Fsp3) is 0.846. The van der Waals surface area contributed by atoms with E-state index in [2.05, 4.69) is 12.8 Å². The highest BCUT2D eigenvalue weighted by molar-refractivity contribution is 4.95. The first kappa shape index (κ1) is 11.6. The summed E-state index contributed by atoms with van der Waals surface area (Å²) in [5, 5.41) is 0. The molecular formula is C13H22O. The van der Waals surface area contributed by atoms with Crippen LogP contribution in [0.25, 0.3) is 0 Å². The highest BCUT2D eigenvalue weighted by Gasteiger charge is 2.19. The molecule has 1 aliphatic carbocycles. The molecule has 0 aromatic carbocycles. The summed E-state index contributed by atoms with van der Waals surface area (Å²) in [5.41, 5.74) is 0. The van der Waals surface area contributed by atoms with Gasteiger partial charge in [0.1, 0.15) is 0 Å². The lowest BCUT2D eigenvalue weighted by atomic mass is 9.88. The highest BCUT2D eigenvalue weighted by Crippen LogP contribution is 2.25. The van der Waals surface area contributed by atoms with Gasteiger partial charge in [-0.15, -0.1) is 12.3 Å². The van der Waals surface area contributed by atoms with E-state index in [1.54, 1.807) is 0 Å². The quantitative estimate of drug-likeness (QED) is 0.481. The van der Waals surface area contributed by atoms with E-state index in [-0.39, 0.29) is 0 Å². The lowest BCUT2D eigenvalue weighted by molar-refractivity contribution is 0.0211. The molecule has 0 unspecified atom stereocenters. The van der Waals surface area contributed by atoms with E-state index in [1.165, 1.54) is 32.1 Å². The molecule has 0 N–H and O–H groups in total. The average molecular weight is 194 g/mol. The molecule has 0 aromatic heterocycles. The van der Waals surface area contributed by atoms with Crippen LogP contribution in [0.15, 0.2) is 0 Å². The van der Waals surface area contributed by atoms with E-state index in [4.69, 9.17) is 11.2 Å². The number of hydrogen-bond donors (Lipinski definition) is 0. The van der Waals surface area contributed by atoms with Crippen molar-refractivity contribution in [1.82, 2.24) is 0 Å². The molecule has 1 nitrogen and oxygen atoms in total. The van der Waals surface area contributed by atoms with Crippen LogP contribution < -0.4 is 0 Å². The highest BCUT2D eigenvalue weighted by atomic mass is 16.5. The molecule has 0 amide bonds. The molecule has 1 saturated carbocycles. The van der Waals surface area contributed by atoms with Crippen LogP contribution in [0.4, 0.5) is 0 Å². The van der Waals surface area contributed by atoms with Gasteiger partial charge in [-0.05, 0) is 32.1 Å². The van der Waals surface area contributed by atoms with Crippen molar-refractivity contribution in [2.24, 2.45) is 5.92 Å². The number of terminal acetylenes is 1.